The lowest BCUT2D eigenvalue weighted by atomic mass is 9.89. The zero-order valence-corrected chi connectivity index (χ0v) is 25.2. The van der Waals surface area contributed by atoms with E-state index in [2.05, 4.69) is 64.8 Å². The third kappa shape index (κ3) is 5.58. The summed E-state index contributed by atoms with van der Waals surface area (Å²) in [5.74, 6) is 0.620. The van der Waals surface area contributed by atoms with Crippen molar-refractivity contribution in [3.05, 3.63) is 179 Å². The van der Waals surface area contributed by atoms with Gasteiger partial charge in [-0.25, -0.2) is 0 Å². The van der Waals surface area contributed by atoms with Crippen LogP contribution in [0.15, 0.2) is 151 Å². The summed E-state index contributed by atoms with van der Waals surface area (Å²) in [4.78, 5) is 7.21. The van der Waals surface area contributed by atoms with Crippen molar-refractivity contribution < 1.29 is 0 Å². The molecule has 7 rings (SSSR count). The molecule has 47 heavy (non-hydrogen) atoms. The van der Waals surface area contributed by atoms with Gasteiger partial charge in [0.05, 0.1) is 22.8 Å². The first-order valence-corrected chi connectivity index (χ1v) is 15.1. The van der Waals surface area contributed by atoms with E-state index < -0.39 is 6.04 Å². The predicted molar refractivity (Wildman–Crippen MR) is 186 cm³/mol. The van der Waals surface area contributed by atoms with Crippen LogP contribution in [-0.4, -0.2) is 5.84 Å². The molecule has 1 unspecified atom stereocenters. The quantitative estimate of drug-likeness (QED) is 0.205. The van der Waals surface area contributed by atoms with E-state index in [1.165, 1.54) is 0 Å². The molecule has 1 aliphatic heterocycles. The van der Waals surface area contributed by atoms with E-state index in [9.17, 15) is 15.8 Å². The minimum atomic E-state index is -0.583. The van der Waals surface area contributed by atoms with Crippen LogP contribution in [-0.2, 0) is 0 Å². The highest BCUT2D eigenvalue weighted by Gasteiger charge is 2.28. The minimum absolute atomic E-state index is 0.265. The van der Waals surface area contributed by atoms with Crippen molar-refractivity contribution in [1.82, 2.24) is 0 Å². The second-order valence-corrected chi connectivity index (χ2v) is 11.0. The van der Waals surface area contributed by atoms with Gasteiger partial charge in [-0.2, -0.15) is 15.8 Å². The minimum Gasteiger partial charge on any atom is -0.340 e. The Labute approximate surface area is 273 Å². The summed E-state index contributed by atoms with van der Waals surface area (Å²) in [6.07, 6.45) is 0. The first kappa shape index (κ1) is 28.8. The van der Waals surface area contributed by atoms with Crippen LogP contribution in [0.2, 0.25) is 0 Å². The molecule has 0 fully saturated rings. The maximum Gasteiger partial charge on any atom is 0.133 e. The van der Waals surface area contributed by atoms with E-state index in [-0.39, 0.29) is 11.1 Å². The standard InChI is InChI=1S/C41H26N6/c42-25-31-23-38-39(24-32(31)26-43)45-41(30-12-6-2-7-13-30)46-40(38)37-21-20-36(22-33(37)27-44)47(34-14-8-3-9-15-34)35-18-16-29(17-19-35)28-10-4-1-5-11-28/h1-24,40H,(H,45,46). The van der Waals surface area contributed by atoms with Crippen LogP contribution in [0.25, 0.3) is 11.1 Å². The number of hydrogen-bond acceptors (Lipinski definition) is 6. The molecular formula is C41H26N6. The number of amidine groups is 1. The number of nitrogens with one attached hydrogen (secondary N) is 1. The second kappa shape index (κ2) is 12.6. The number of fused-ring (bicyclic) bond motifs is 1. The highest BCUT2D eigenvalue weighted by Crippen LogP contribution is 2.42. The lowest BCUT2D eigenvalue weighted by Gasteiger charge is -2.29. The zero-order valence-electron chi connectivity index (χ0n) is 25.2. The van der Waals surface area contributed by atoms with Crippen LogP contribution in [0.1, 0.15) is 39.4 Å². The molecule has 0 aromatic heterocycles. The van der Waals surface area contributed by atoms with Gasteiger partial charge in [0, 0.05) is 33.9 Å². The summed E-state index contributed by atoms with van der Waals surface area (Å²) in [7, 11) is 0. The van der Waals surface area contributed by atoms with Crippen molar-refractivity contribution in [2.75, 3.05) is 10.2 Å². The SMILES string of the molecule is N#Cc1cc2c(cc1C#N)C(c1ccc(N(c3ccccc3)c3ccc(-c4ccccc4)cc3)cc1C#N)N=C(c1ccccc1)N2. The summed E-state index contributed by atoms with van der Waals surface area (Å²) >= 11 is 0. The van der Waals surface area contributed by atoms with E-state index in [1.54, 1.807) is 12.1 Å². The van der Waals surface area contributed by atoms with E-state index in [1.807, 2.05) is 97.1 Å². The van der Waals surface area contributed by atoms with Gasteiger partial charge in [-0.1, -0.05) is 97.1 Å². The summed E-state index contributed by atoms with van der Waals surface area (Å²) in [5.41, 5.74) is 8.96. The van der Waals surface area contributed by atoms with Crippen LogP contribution in [0.4, 0.5) is 22.7 Å². The van der Waals surface area contributed by atoms with Crippen LogP contribution >= 0.6 is 0 Å². The second-order valence-electron chi connectivity index (χ2n) is 11.0. The van der Waals surface area contributed by atoms with Gasteiger partial charge in [0.2, 0.25) is 0 Å². The summed E-state index contributed by atoms with van der Waals surface area (Å²) in [5, 5.41) is 33.5. The number of hydrogen-bond donors (Lipinski definition) is 1. The molecule has 1 heterocycles. The molecule has 6 nitrogen and oxygen atoms in total. The molecule has 6 aromatic rings. The molecule has 1 aliphatic rings. The first-order chi connectivity index (χ1) is 23.2. The van der Waals surface area contributed by atoms with E-state index in [0.29, 0.717) is 22.6 Å². The maximum absolute atomic E-state index is 10.5. The van der Waals surface area contributed by atoms with E-state index >= 15 is 0 Å². The zero-order chi connectivity index (χ0) is 32.2. The average molecular weight is 603 g/mol. The molecule has 6 aromatic carbocycles. The Morgan fingerprint density at radius 2 is 1.02 bits per heavy atom. The molecule has 6 heteroatoms. The number of benzene rings is 6. The Balaban J connectivity index is 1.35. The van der Waals surface area contributed by atoms with Gasteiger partial charge in [0.25, 0.3) is 0 Å². The van der Waals surface area contributed by atoms with Gasteiger partial charge in [-0.3, -0.25) is 4.99 Å². The van der Waals surface area contributed by atoms with Crippen molar-refractivity contribution in [3.8, 4) is 29.3 Å². The maximum atomic E-state index is 10.5. The Bertz CT molecular complexity index is 2240. The smallest absolute Gasteiger partial charge is 0.133 e. The third-order valence-electron chi connectivity index (χ3n) is 8.24. The van der Waals surface area contributed by atoms with Crippen LogP contribution in [0.3, 0.4) is 0 Å². The van der Waals surface area contributed by atoms with Crippen molar-refractivity contribution in [3.63, 3.8) is 0 Å². The summed E-state index contributed by atoms with van der Waals surface area (Å²) in [6.45, 7) is 0. The number of anilines is 4. The summed E-state index contributed by atoms with van der Waals surface area (Å²) < 4.78 is 0. The molecule has 0 amide bonds. The van der Waals surface area contributed by atoms with E-state index in [0.717, 1.165) is 39.3 Å². The van der Waals surface area contributed by atoms with Gasteiger partial charge >= 0.3 is 0 Å². The van der Waals surface area contributed by atoms with Crippen LogP contribution in [0.5, 0.6) is 0 Å². The fraction of sp³-hybridized carbons (Fsp3) is 0.0244. The molecular weight excluding hydrogens is 576 g/mol. The number of para-hydroxylation sites is 1. The van der Waals surface area contributed by atoms with Crippen LogP contribution in [0, 0.1) is 34.0 Å². The molecule has 0 bridgehead atoms. The molecule has 0 radical (unpaired) electrons. The predicted octanol–water partition coefficient (Wildman–Crippen LogP) is 9.40. The van der Waals surface area contributed by atoms with E-state index in [4.69, 9.17) is 4.99 Å². The number of aliphatic imine (C=N–C) groups is 1. The first-order valence-electron chi connectivity index (χ1n) is 15.1. The number of nitrogens with zero attached hydrogens (tertiary/aromatic N) is 5. The lowest BCUT2D eigenvalue weighted by Crippen LogP contribution is -2.23. The molecule has 220 valence electrons. The largest absolute Gasteiger partial charge is 0.340 e. The molecule has 0 aliphatic carbocycles. The third-order valence-corrected chi connectivity index (χ3v) is 8.24. The van der Waals surface area contributed by atoms with Crippen molar-refractivity contribution in [1.29, 1.82) is 15.8 Å². The molecule has 0 spiro atoms. The van der Waals surface area contributed by atoms with Gasteiger partial charge in [-0.15, -0.1) is 0 Å². The Kier molecular flexibility index (Phi) is 7.71. The van der Waals surface area contributed by atoms with Gasteiger partial charge in [0.1, 0.15) is 24.0 Å². The lowest BCUT2D eigenvalue weighted by molar-refractivity contribution is 0.858. The topological polar surface area (TPSA) is 99.0 Å². The Morgan fingerprint density at radius 1 is 0.489 bits per heavy atom. The van der Waals surface area contributed by atoms with Gasteiger partial charge in [0.15, 0.2) is 0 Å². The fourth-order valence-electron chi connectivity index (χ4n) is 5.95. The van der Waals surface area contributed by atoms with Gasteiger partial charge < -0.3 is 10.2 Å². The monoisotopic (exact) mass is 602 g/mol. The normalized spacial score (nSPS) is 13.1. The van der Waals surface area contributed by atoms with Crippen molar-refractivity contribution in [2.45, 2.75) is 6.04 Å². The summed E-state index contributed by atoms with van der Waals surface area (Å²) in [6, 6.07) is 53.8. The van der Waals surface area contributed by atoms with Crippen LogP contribution < -0.4 is 10.2 Å². The Morgan fingerprint density at radius 3 is 1.66 bits per heavy atom. The molecule has 1 atom stereocenters. The number of rotatable bonds is 6. The molecule has 0 saturated heterocycles. The fourth-order valence-corrected chi connectivity index (χ4v) is 5.95. The molecule has 0 saturated carbocycles. The highest BCUT2D eigenvalue weighted by atomic mass is 15.1. The average Bonchev–Trinajstić information content (AvgIpc) is 3.15. The highest BCUT2D eigenvalue weighted by molar-refractivity contribution is 6.10. The number of nitriles is 3. The van der Waals surface area contributed by atoms with Gasteiger partial charge in [-0.05, 0) is 65.2 Å². The van der Waals surface area contributed by atoms with Crippen molar-refractivity contribution >= 4 is 28.6 Å². The Hall–Kier alpha value is -6.94. The van der Waals surface area contributed by atoms with Crippen molar-refractivity contribution in [2.24, 2.45) is 4.99 Å². The molecule has 1 N–H and O–H groups in total.